The van der Waals surface area contributed by atoms with Crippen molar-refractivity contribution in [2.75, 3.05) is 19.6 Å². The number of likely N-dealkylation sites (tertiary alicyclic amines) is 1. The van der Waals surface area contributed by atoms with E-state index < -0.39 is 0 Å². The zero-order chi connectivity index (χ0) is 21.3. The number of carbonyl (C=O) groups excluding carboxylic acids is 1. The first-order valence-corrected chi connectivity index (χ1v) is 12.3. The van der Waals surface area contributed by atoms with Gasteiger partial charge in [0.05, 0.1) is 5.92 Å². The summed E-state index contributed by atoms with van der Waals surface area (Å²) < 4.78 is 7.96. The monoisotopic (exact) mass is 422 g/mol. The minimum absolute atomic E-state index is 0.00843. The van der Waals surface area contributed by atoms with Gasteiger partial charge in [-0.05, 0) is 49.0 Å². The van der Waals surface area contributed by atoms with Crippen LogP contribution in [-0.4, -0.2) is 41.2 Å². The van der Waals surface area contributed by atoms with Gasteiger partial charge in [-0.15, -0.1) is 0 Å². The van der Waals surface area contributed by atoms with Crippen molar-refractivity contribution in [3.05, 3.63) is 45.9 Å². The summed E-state index contributed by atoms with van der Waals surface area (Å²) in [5, 5.41) is 0. The molecule has 7 atom stereocenters. The average molecular weight is 423 g/mol. The molecule has 166 valence electrons. The van der Waals surface area contributed by atoms with E-state index in [1.165, 1.54) is 25.0 Å². The largest absolute Gasteiger partial charge is 0.461 e. The van der Waals surface area contributed by atoms with E-state index in [-0.39, 0.29) is 34.9 Å². The third kappa shape index (κ3) is 3.14. The molecule has 0 amide bonds. The van der Waals surface area contributed by atoms with Gasteiger partial charge < -0.3 is 14.2 Å². The van der Waals surface area contributed by atoms with Crippen LogP contribution in [0.25, 0.3) is 0 Å². The molecule has 2 saturated heterocycles. The minimum atomic E-state index is -0.0482. The molecular weight excluding hydrogens is 388 g/mol. The van der Waals surface area contributed by atoms with Gasteiger partial charge >= 0.3 is 5.97 Å². The number of hydrogen-bond donors (Lipinski definition) is 0. The lowest BCUT2D eigenvalue weighted by molar-refractivity contribution is -0.145. The molecule has 5 nitrogen and oxygen atoms in total. The van der Waals surface area contributed by atoms with Crippen molar-refractivity contribution in [3.63, 3.8) is 0 Å². The molecule has 0 N–H and O–H groups in total. The number of rotatable bonds is 2. The molecule has 5 heteroatoms. The lowest BCUT2D eigenvalue weighted by Gasteiger charge is -2.46. The van der Waals surface area contributed by atoms with Gasteiger partial charge in [0.1, 0.15) is 6.10 Å². The highest BCUT2D eigenvalue weighted by Gasteiger charge is 2.52. The summed E-state index contributed by atoms with van der Waals surface area (Å²) in [7, 11) is 0. The van der Waals surface area contributed by atoms with Crippen LogP contribution in [0.1, 0.15) is 57.6 Å². The molecule has 1 aromatic heterocycles. The lowest BCUT2D eigenvalue weighted by atomic mass is 9.59. The number of allylic oxidation sites excluding steroid dienone is 1. The Labute approximate surface area is 184 Å². The highest BCUT2D eigenvalue weighted by Crippen LogP contribution is 2.54. The lowest BCUT2D eigenvalue weighted by Crippen LogP contribution is -2.49. The number of nitrogens with zero attached hydrogens (tertiary/aromatic N) is 2. The maximum Gasteiger partial charge on any atom is 0.311 e. The van der Waals surface area contributed by atoms with Gasteiger partial charge in [-0.1, -0.05) is 38.0 Å². The van der Waals surface area contributed by atoms with Crippen molar-refractivity contribution >= 4 is 5.97 Å². The van der Waals surface area contributed by atoms with E-state index in [2.05, 4.69) is 30.9 Å². The maximum absolute atomic E-state index is 13.0. The van der Waals surface area contributed by atoms with Crippen molar-refractivity contribution in [2.24, 2.45) is 29.1 Å². The summed E-state index contributed by atoms with van der Waals surface area (Å²) in [6, 6.07) is 5.68. The summed E-state index contributed by atoms with van der Waals surface area (Å²) in [4.78, 5) is 27.8. The second-order valence-electron chi connectivity index (χ2n) is 11.3. The van der Waals surface area contributed by atoms with Gasteiger partial charge in [0.25, 0.3) is 5.56 Å². The molecule has 3 aliphatic heterocycles. The molecule has 0 aromatic carbocycles. The molecule has 3 fully saturated rings. The maximum atomic E-state index is 13.0. The van der Waals surface area contributed by atoms with Gasteiger partial charge in [-0.3, -0.25) is 9.59 Å². The summed E-state index contributed by atoms with van der Waals surface area (Å²) in [6.45, 7) is 8.26. The van der Waals surface area contributed by atoms with Gasteiger partial charge in [0.15, 0.2) is 0 Å². The molecule has 6 rings (SSSR count). The number of aromatic nitrogens is 1. The quantitative estimate of drug-likeness (QED) is 0.540. The van der Waals surface area contributed by atoms with Gasteiger partial charge in [0.2, 0.25) is 0 Å². The fraction of sp³-hybridized carbons (Fsp3) is 0.692. The molecule has 1 saturated carbocycles. The van der Waals surface area contributed by atoms with Gasteiger partial charge in [-0.2, -0.15) is 0 Å². The van der Waals surface area contributed by atoms with Crippen LogP contribution >= 0.6 is 0 Å². The Kier molecular flexibility index (Phi) is 4.51. The molecule has 2 bridgehead atoms. The summed E-state index contributed by atoms with van der Waals surface area (Å²) in [5.74, 6) is 1.70. The second kappa shape index (κ2) is 7.06. The molecule has 0 unspecified atom stereocenters. The SMILES string of the molecule is C[C@H]1CCC[C@]2(C)C[C@H]3OC(=O)[C@H](CN4C[C@H]5C[C@H](C4)c4cccc(=O)n4C5)[C@H]3C=C12. The fourth-order valence-corrected chi connectivity index (χ4v) is 7.68. The molecule has 4 heterocycles. The van der Waals surface area contributed by atoms with Crippen LogP contribution in [0.5, 0.6) is 0 Å². The van der Waals surface area contributed by atoms with E-state index in [0.29, 0.717) is 17.8 Å². The van der Waals surface area contributed by atoms with Crippen LogP contribution in [0.2, 0.25) is 0 Å². The van der Waals surface area contributed by atoms with Gasteiger partial charge in [-0.25, -0.2) is 0 Å². The Bertz CT molecular complexity index is 997. The predicted octanol–water partition coefficient (Wildman–Crippen LogP) is 3.58. The first kappa shape index (κ1) is 19.8. The van der Waals surface area contributed by atoms with Crippen LogP contribution in [-0.2, 0) is 16.1 Å². The second-order valence-corrected chi connectivity index (χ2v) is 11.3. The highest BCUT2D eigenvalue weighted by molar-refractivity contribution is 5.76. The van der Waals surface area contributed by atoms with E-state index in [1.807, 2.05) is 10.6 Å². The van der Waals surface area contributed by atoms with E-state index >= 15 is 0 Å². The topological polar surface area (TPSA) is 51.5 Å². The van der Waals surface area contributed by atoms with Crippen molar-refractivity contribution < 1.29 is 9.53 Å². The third-order valence-corrected chi connectivity index (χ3v) is 9.09. The van der Waals surface area contributed by atoms with Crippen LogP contribution < -0.4 is 5.56 Å². The van der Waals surface area contributed by atoms with Crippen LogP contribution in [0.15, 0.2) is 34.6 Å². The van der Waals surface area contributed by atoms with Crippen molar-refractivity contribution in [2.45, 2.75) is 64.5 Å². The molecule has 2 aliphatic carbocycles. The third-order valence-electron chi connectivity index (χ3n) is 9.09. The zero-order valence-corrected chi connectivity index (χ0v) is 18.8. The average Bonchev–Trinajstić information content (AvgIpc) is 3.01. The van der Waals surface area contributed by atoms with E-state index in [4.69, 9.17) is 4.74 Å². The summed E-state index contributed by atoms with van der Waals surface area (Å²) >= 11 is 0. The molecular formula is C26H34N2O3. The van der Waals surface area contributed by atoms with Crippen molar-refractivity contribution in [1.29, 1.82) is 0 Å². The highest BCUT2D eigenvalue weighted by atomic mass is 16.6. The van der Waals surface area contributed by atoms with Crippen LogP contribution in [0, 0.1) is 29.1 Å². The van der Waals surface area contributed by atoms with E-state index in [1.54, 1.807) is 11.6 Å². The number of esters is 1. The van der Waals surface area contributed by atoms with E-state index in [0.717, 1.165) is 39.0 Å². The smallest absolute Gasteiger partial charge is 0.311 e. The zero-order valence-electron chi connectivity index (χ0n) is 18.8. The minimum Gasteiger partial charge on any atom is -0.461 e. The van der Waals surface area contributed by atoms with Gasteiger partial charge in [0, 0.05) is 49.8 Å². The Balaban J connectivity index is 1.24. The van der Waals surface area contributed by atoms with Crippen LogP contribution in [0.4, 0.5) is 0 Å². The van der Waals surface area contributed by atoms with Crippen molar-refractivity contribution in [3.8, 4) is 0 Å². The predicted molar refractivity (Wildman–Crippen MR) is 119 cm³/mol. The fourth-order valence-electron chi connectivity index (χ4n) is 7.68. The Morgan fingerprint density at radius 3 is 2.94 bits per heavy atom. The summed E-state index contributed by atoms with van der Waals surface area (Å²) in [5.41, 5.74) is 3.10. The number of carbonyl (C=O) groups is 1. The Morgan fingerprint density at radius 1 is 1.19 bits per heavy atom. The molecule has 31 heavy (non-hydrogen) atoms. The molecule has 1 aromatic rings. The first-order valence-electron chi connectivity index (χ1n) is 12.3. The van der Waals surface area contributed by atoms with Crippen molar-refractivity contribution in [1.82, 2.24) is 9.47 Å². The normalized spacial score (nSPS) is 41.6. The number of fused-ring (bicyclic) bond motifs is 6. The standard InChI is InChI=1S/C26H34N2O3/c1-16-5-4-8-26(2)11-23-19(10-21(16)26)20(25(30)31-23)15-27-12-17-9-18(14-27)22-6-3-7-24(29)28(22)13-17/h3,6-7,10,16-20,23H,4-5,8-9,11-15H2,1-2H3/t16-,17+,18+,19+,20+,23+,26+/m0/s1. The van der Waals surface area contributed by atoms with E-state index in [9.17, 15) is 9.59 Å². The molecule has 0 spiro atoms. The number of piperidine rings is 1. The molecule has 5 aliphatic rings. The number of hydrogen-bond acceptors (Lipinski definition) is 4. The Hall–Kier alpha value is -1.88. The Morgan fingerprint density at radius 2 is 2.06 bits per heavy atom. The number of pyridine rings is 1. The van der Waals surface area contributed by atoms with Crippen LogP contribution in [0.3, 0.4) is 0 Å². The summed E-state index contributed by atoms with van der Waals surface area (Å²) in [6.07, 6.45) is 8.45. The first-order chi connectivity index (χ1) is 14.9. The molecule has 0 radical (unpaired) electrons. The number of ether oxygens (including phenoxy) is 1.